The second-order valence-electron chi connectivity index (χ2n) is 6.49. The van der Waals surface area contributed by atoms with E-state index in [0.717, 1.165) is 12.8 Å². The van der Waals surface area contributed by atoms with Crippen LogP contribution in [0.25, 0.3) is 0 Å². The largest absolute Gasteiger partial charge is 0.356 e. The Labute approximate surface area is 152 Å². The van der Waals surface area contributed by atoms with Gasteiger partial charge in [-0.05, 0) is 33.6 Å². The molecule has 1 fully saturated rings. The second kappa shape index (κ2) is 11.7. The first-order chi connectivity index (χ1) is 12.0. The third-order valence-corrected chi connectivity index (χ3v) is 4.53. The maximum absolute atomic E-state index is 12.2. The summed E-state index contributed by atoms with van der Waals surface area (Å²) in [7, 11) is 1.82. The lowest BCUT2D eigenvalue weighted by Gasteiger charge is -2.26. The van der Waals surface area contributed by atoms with Crippen LogP contribution in [0.3, 0.4) is 0 Å². The molecule has 0 bridgehead atoms. The van der Waals surface area contributed by atoms with E-state index in [2.05, 4.69) is 15.6 Å². The highest BCUT2D eigenvalue weighted by atomic mass is 16.2. The molecule has 7 nitrogen and oxygen atoms in total. The molecule has 1 aliphatic rings. The molecule has 0 unspecified atom stereocenters. The average molecular weight is 354 g/mol. The summed E-state index contributed by atoms with van der Waals surface area (Å²) in [6, 6.07) is 0.293. The van der Waals surface area contributed by atoms with Gasteiger partial charge in [0.1, 0.15) is 6.54 Å². The Kier molecular flexibility index (Phi) is 9.96. The Morgan fingerprint density at radius 1 is 1.08 bits per heavy atom. The monoisotopic (exact) mass is 353 g/mol. The van der Waals surface area contributed by atoms with E-state index in [9.17, 15) is 9.59 Å². The fourth-order valence-corrected chi connectivity index (χ4v) is 3.09. The van der Waals surface area contributed by atoms with Crippen molar-refractivity contribution in [1.29, 1.82) is 0 Å². The molecule has 1 saturated carbocycles. The zero-order valence-corrected chi connectivity index (χ0v) is 16.3. The molecule has 0 aliphatic heterocycles. The molecule has 7 heteroatoms. The van der Waals surface area contributed by atoms with Crippen molar-refractivity contribution in [3.8, 4) is 0 Å². The van der Waals surface area contributed by atoms with Crippen LogP contribution in [0.5, 0.6) is 0 Å². The number of hydrogen-bond acceptors (Lipinski definition) is 3. The predicted octanol–water partition coefficient (Wildman–Crippen LogP) is 1.20. The first kappa shape index (κ1) is 21.3. The third-order valence-electron chi connectivity index (χ3n) is 4.53. The van der Waals surface area contributed by atoms with E-state index in [4.69, 9.17) is 0 Å². The average Bonchev–Trinajstić information content (AvgIpc) is 2.60. The predicted molar refractivity (Wildman–Crippen MR) is 102 cm³/mol. The molecular weight excluding hydrogens is 318 g/mol. The molecule has 1 aliphatic carbocycles. The number of hydrogen-bond donors (Lipinski definition) is 2. The minimum Gasteiger partial charge on any atom is -0.356 e. The minimum absolute atomic E-state index is 0.0502. The number of carbonyl (C=O) groups excluding carboxylic acids is 2. The van der Waals surface area contributed by atoms with Gasteiger partial charge in [-0.15, -0.1) is 0 Å². The van der Waals surface area contributed by atoms with Crippen LogP contribution in [0.15, 0.2) is 4.99 Å². The maximum atomic E-state index is 12.2. The number of nitrogens with one attached hydrogen (secondary N) is 2. The molecule has 0 saturated heterocycles. The van der Waals surface area contributed by atoms with Gasteiger partial charge in [0.25, 0.3) is 0 Å². The van der Waals surface area contributed by atoms with Crippen LogP contribution in [0.1, 0.15) is 52.9 Å². The Bertz CT molecular complexity index is 443. The van der Waals surface area contributed by atoms with E-state index in [0.29, 0.717) is 31.6 Å². The summed E-state index contributed by atoms with van der Waals surface area (Å²) < 4.78 is 0. The van der Waals surface area contributed by atoms with Gasteiger partial charge < -0.3 is 20.4 Å². The van der Waals surface area contributed by atoms with Gasteiger partial charge in [0, 0.05) is 32.7 Å². The smallest absolute Gasteiger partial charge is 0.242 e. The number of aliphatic imine (C=N–C) groups is 1. The number of carbonyl (C=O) groups is 2. The van der Waals surface area contributed by atoms with Crippen molar-refractivity contribution in [3.63, 3.8) is 0 Å². The van der Waals surface area contributed by atoms with E-state index < -0.39 is 0 Å². The molecule has 144 valence electrons. The van der Waals surface area contributed by atoms with Crippen LogP contribution in [0, 0.1) is 0 Å². The van der Waals surface area contributed by atoms with E-state index in [1.54, 1.807) is 9.80 Å². The lowest BCUT2D eigenvalue weighted by molar-refractivity contribution is -0.131. The number of guanidine groups is 1. The van der Waals surface area contributed by atoms with E-state index in [1.165, 1.54) is 19.3 Å². The van der Waals surface area contributed by atoms with Crippen molar-refractivity contribution in [3.05, 3.63) is 0 Å². The second-order valence-corrected chi connectivity index (χ2v) is 6.49. The number of rotatable bonds is 8. The van der Waals surface area contributed by atoms with E-state index in [-0.39, 0.29) is 24.9 Å². The molecule has 0 aromatic rings. The van der Waals surface area contributed by atoms with Gasteiger partial charge in [0.15, 0.2) is 5.96 Å². The molecule has 2 amide bonds. The zero-order chi connectivity index (χ0) is 18.7. The van der Waals surface area contributed by atoms with Crippen LogP contribution in [-0.2, 0) is 9.59 Å². The number of nitrogens with zero attached hydrogens (tertiary/aromatic N) is 3. The summed E-state index contributed by atoms with van der Waals surface area (Å²) >= 11 is 0. The summed E-state index contributed by atoms with van der Waals surface area (Å²) in [5.41, 5.74) is 0. The quantitative estimate of drug-likeness (QED) is 0.508. The van der Waals surface area contributed by atoms with E-state index >= 15 is 0 Å². The van der Waals surface area contributed by atoms with Crippen molar-refractivity contribution in [2.45, 2.75) is 58.9 Å². The first-order valence-corrected chi connectivity index (χ1v) is 9.58. The summed E-state index contributed by atoms with van der Waals surface area (Å²) in [4.78, 5) is 32.3. The molecule has 2 N–H and O–H groups in total. The molecule has 25 heavy (non-hydrogen) atoms. The lowest BCUT2D eigenvalue weighted by Crippen LogP contribution is -2.46. The number of likely N-dealkylation sites (N-methyl/N-ethyl adjacent to an activating group) is 2. The molecule has 0 aromatic heterocycles. The van der Waals surface area contributed by atoms with Gasteiger partial charge in [-0.2, -0.15) is 0 Å². The van der Waals surface area contributed by atoms with Gasteiger partial charge in [-0.3, -0.25) is 9.59 Å². The number of amides is 2. The topological polar surface area (TPSA) is 77.0 Å². The van der Waals surface area contributed by atoms with Crippen molar-refractivity contribution in [1.82, 2.24) is 20.4 Å². The highest BCUT2D eigenvalue weighted by molar-refractivity contribution is 5.88. The fourth-order valence-electron chi connectivity index (χ4n) is 3.09. The fraction of sp³-hybridized carbons (Fsp3) is 0.833. The highest BCUT2D eigenvalue weighted by Crippen LogP contribution is 2.17. The summed E-state index contributed by atoms with van der Waals surface area (Å²) in [6.07, 6.45) is 5.77. The minimum atomic E-state index is -0.0502. The first-order valence-electron chi connectivity index (χ1n) is 9.58. The van der Waals surface area contributed by atoms with Gasteiger partial charge in [-0.1, -0.05) is 19.3 Å². The van der Waals surface area contributed by atoms with Crippen LogP contribution in [0.2, 0.25) is 0 Å². The molecule has 1 rings (SSSR count). The van der Waals surface area contributed by atoms with Gasteiger partial charge >= 0.3 is 0 Å². The zero-order valence-electron chi connectivity index (χ0n) is 16.3. The summed E-state index contributed by atoms with van der Waals surface area (Å²) in [5.74, 6) is 0.595. The van der Waals surface area contributed by atoms with E-state index in [1.807, 2.05) is 27.8 Å². The van der Waals surface area contributed by atoms with Crippen LogP contribution in [-0.4, -0.2) is 73.4 Å². The van der Waals surface area contributed by atoms with Crippen LogP contribution in [0.4, 0.5) is 0 Å². The van der Waals surface area contributed by atoms with Crippen molar-refractivity contribution < 1.29 is 9.59 Å². The summed E-state index contributed by atoms with van der Waals surface area (Å²) in [6.45, 7) is 8.32. The Hall–Kier alpha value is -1.79. The Morgan fingerprint density at radius 3 is 2.28 bits per heavy atom. The van der Waals surface area contributed by atoms with Crippen LogP contribution >= 0.6 is 0 Å². The Morgan fingerprint density at radius 2 is 1.72 bits per heavy atom. The molecule has 0 radical (unpaired) electrons. The highest BCUT2D eigenvalue weighted by Gasteiger charge is 2.17. The Balaban J connectivity index is 2.56. The van der Waals surface area contributed by atoms with Gasteiger partial charge in [0.2, 0.25) is 11.8 Å². The molecule has 0 heterocycles. The summed E-state index contributed by atoms with van der Waals surface area (Å²) in [5, 5.41) is 6.21. The molecule has 0 atom stereocenters. The normalized spacial score (nSPS) is 15.6. The standard InChI is InChI=1S/C18H35N5O2/c1-5-19-18(22(4)14-17(25)23(6-2)7-3)20-13-16(24)21-15-11-9-8-10-12-15/h15H,5-14H2,1-4H3,(H,19,20)(H,21,24). The van der Waals surface area contributed by atoms with Gasteiger partial charge in [0.05, 0.1) is 6.54 Å². The van der Waals surface area contributed by atoms with Crippen molar-refractivity contribution >= 4 is 17.8 Å². The molecular formula is C18H35N5O2. The lowest BCUT2D eigenvalue weighted by atomic mass is 9.95. The van der Waals surface area contributed by atoms with Crippen molar-refractivity contribution in [2.24, 2.45) is 4.99 Å². The SMILES string of the molecule is CCNC(=NCC(=O)NC1CCCCC1)N(C)CC(=O)N(CC)CC. The third kappa shape index (κ3) is 7.75. The van der Waals surface area contributed by atoms with Crippen LogP contribution < -0.4 is 10.6 Å². The van der Waals surface area contributed by atoms with Crippen molar-refractivity contribution in [2.75, 3.05) is 39.8 Å². The van der Waals surface area contributed by atoms with Gasteiger partial charge in [-0.25, -0.2) is 4.99 Å². The maximum Gasteiger partial charge on any atom is 0.242 e. The molecule has 0 spiro atoms. The molecule has 0 aromatic carbocycles.